The van der Waals surface area contributed by atoms with Crippen LogP contribution in [0, 0.1) is 6.92 Å². The first-order chi connectivity index (χ1) is 11.7. The Hall–Kier alpha value is -0.820. The van der Waals surface area contributed by atoms with Gasteiger partial charge in [0.1, 0.15) is 0 Å². The number of guanidine groups is 1. The molecular formula is C20H32IN3O. The average Bonchev–Trinajstić information content (AvgIpc) is 2.90. The van der Waals surface area contributed by atoms with Gasteiger partial charge in [0, 0.05) is 31.7 Å². The number of aliphatic imine (C=N–C) groups is 1. The molecule has 0 spiro atoms. The monoisotopic (exact) mass is 457 g/mol. The zero-order valence-corrected chi connectivity index (χ0v) is 17.7. The lowest BCUT2D eigenvalue weighted by Gasteiger charge is -2.38. The second kappa shape index (κ2) is 9.76. The Kier molecular flexibility index (Phi) is 8.00. The third kappa shape index (κ3) is 5.09. The topological polar surface area (TPSA) is 50.8 Å². The fourth-order valence-corrected chi connectivity index (χ4v) is 4.07. The molecular weight excluding hydrogens is 425 g/mol. The van der Waals surface area contributed by atoms with Gasteiger partial charge in [-0.3, -0.25) is 4.99 Å². The third-order valence-corrected chi connectivity index (χ3v) is 5.64. The molecule has 0 saturated carbocycles. The molecule has 2 fully saturated rings. The van der Waals surface area contributed by atoms with Crippen molar-refractivity contribution in [3.8, 4) is 0 Å². The number of nitrogens with zero attached hydrogens (tertiary/aromatic N) is 2. The molecule has 2 heterocycles. The van der Waals surface area contributed by atoms with Crippen LogP contribution in [0.2, 0.25) is 0 Å². The summed E-state index contributed by atoms with van der Waals surface area (Å²) in [5.41, 5.74) is 9.19. The van der Waals surface area contributed by atoms with Gasteiger partial charge in [-0.15, -0.1) is 24.0 Å². The van der Waals surface area contributed by atoms with E-state index in [9.17, 15) is 0 Å². The summed E-state index contributed by atoms with van der Waals surface area (Å²) in [6.07, 6.45) is 7.13. The number of halogens is 1. The predicted molar refractivity (Wildman–Crippen MR) is 115 cm³/mol. The van der Waals surface area contributed by atoms with Gasteiger partial charge < -0.3 is 15.4 Å². The van der Waals surface area contributed by atoms with Crippen LogP contribution in [0.1, 0.15) is 49.7 Å². The molecule has 25 heavy (non-hydrogen) atoms. The van der Waals surface area contributed by atoms with Crippen molar-refractivity contribution in [1.29, 1.82) is 0 Å². The Morgan fingerprint density at radius 1 is 1.12 bits per heavy atom. The first-order valence-corrected chi connectivity index (χ1v) is 9.40. The van der Waals surface area contributed by atoms with E-state index in [1.54, 1.807) is 0 Å². The molecule has 2 N–H and O–H groups in total. The van der Waals surface area contributed by atoms with Crippen LogP contribution in [-0.2, 0) is 10.2 Å². The number of nitrogens with two attached hydrogens (primary N) is 1. The fraction of sp³-hybridized carbons (Fsp3) is 0.650. The quantitative estimate of drug-likeness (QED) is 0.426. The summed E-state index contributed by atoms with van der Waals surface area (Å²) in [5, 5.41) is 0. The molecule has 0 radical (unpaired) electrons. The highest BCUT2D eigenvalue weighted by molar-refractivity contribution is 14.0. The summed E-state index contributed by atoms with van der Waals surface area (Å²) >= 11 is 0. The van der Waals surface area contributed by atoms with E-state index in [1.807, 2.05) is 0 Å². The van der Waals surface area contributed by atoms with Crippen molar-refractivity contribution < 1.29 is 4.74 Å². The van der Waals surface area contributed by atoms with Gasteiger partial charge in [-0.1, -0.05) is 37.1 Å². The van der Waals surface area contributed by atoms with Crippen LogP contribution in [0.3, 0.4) is 0 Å². The molecule has 4 nitrogen and oxygen atoms in total. The lowest BCUT2D eigenvalue weighted by molar-refractivity contribution is 0.0528. The molecule has 2 saturated heterocycles. The van der Waals surface area contributed by atoms with Crippen LogP contribution in [0.25, 0.3) is 0 Å². The lowest BCUT2D eigenvalue weighted by atomic mass is 9.72. The maximum absolute atomic E-state index is 6.35. The summed E-state index contributed by atoms with van der Waals surface area (Å²) in [6.45, 7) is 6.70. The van der Waals surface area contributed by atoms with Gasteiger partial charge >= 0.3 is 0 Å². The van der Waals surface area contributed by atoms with Crippen LogP contribution in [-0.4, -0.2) is 43.7 Å². The van der Waals surface area contributed by atoms with E-state index in [2.05, 4.69) is 36.1 Å². The van der Waals surface area contributed by atoms with Gasteiger partial charge in [-0.25, -0.2) is 0 Å². The Morgan fingerprint density at radius 2 is 1.76 bits per heavy atom. The van der Waals surface area contributed by atoms with E-state index < -0.39 is 0 Å². The van der Waals surface area contributed by atoms with Crippen LogP contribution in [0.5, 0.6) is 0 Å². The van der Waals surface area contributed by atoms with Gasteiger partial charge in [0.25, 0.3) is 0 Å². The minimum absolute atomic E-state index is 0. The number of likely N-dealkylation sites (tertiary alicyclic amines) is 1. The van der Waals surface area contributed by atoms with E-state index in [4.69, 9.17) is 15.5 Å². The molecule has 0 bridgehead atoms. The van der Waals surface area contributed by atoms with E-state index in [0.717, 1.165) is 51.6 Å². The highest BCUT2D eigenvalue weighted by Crippen LogP contribution is 2.37. The molecule has 0 amide bonds. The Morgan fingerprint density at radius 3 is 2.40 bits per heavy atom. The van der Waals surface area contributed by atoms with E-state index >= 15 is 0 Å². The smallest absolute Gasteiger partial charge is 0.191 e. The van der Waals surface area contributed by atoms with E-state index in [-0.39, 0.29) is 29.4 Å². The number of benzene rings is 1. The number of ether oxygens (including phenoxy) is 1. The molecule has 0 unspecified atom stereocenters. The van der Waals surface area contributed by atoms with Crippen molar-refractivity contribution in [3.05, 3.63) is 35.4 Å². The lowest BCUT2D eigenvalue weighted by Crippen LogP contribution is -2.41. The molecule has 0 aliphatic carbocycles. The van der Waals surface area contributed by atoms with Crippen LogP contribution in [0.15, 0.2) is 29.3 Å². The standard InChI is InChI=1S/C20H31N3O.HI/c1-17-8-4-5-9-18(17)20(10-14-24-15-11-20)16-22-19(21)23-12-6-2-3-7-13-23;/h4-5,8-9H,2-3,6-7,10-16H2,1H3,(H2,21,22);1H. The number of rotatable bonds is 3. The molecule has 2 aliphatic rings. The molecule has 140 valence electrons. The Bertz CT molecular complexity index is 562. The number of hydrogen-bond donors (Lipinski definition) is 1. The number of hydrogen-bond acceptors (Lipinski definition) is 2. The maximum Gasteiger partial charge on any atom is 0.191 e. The van der Waals surface area contributed by atoms with Gasteiger partial charge in [0.05, 0.1) is 6.54 Å². The predicted octanol–water partition coefficient (Wildman–Crippen LogP) is 3.85. The zero-order valence-electron chi connectivity index (χ0n) is 15.4. The molecule has 3 rings (SSSR count). The average molecular weight is 457 g/mol. The molecule has 0 aromatic heterocycles. The van der Waals surface area contributed by atoms with Gasteiger partial charge in [0.2, 0.25) is 0 Å². The molecule has 1 aromatic rings. The SMILES string of the molecule is Cc1ccccc1C1(CN=C(N)N2CCCCCC2)CCOCC1.I. The van der Waals surface area contributed by atoms with Crippen molar-refractivity contribution in [2.75, 3.05) is 32.8 Å². The summed E-state index contributed by atoms with van der Waals surface area (Å²) in [7, 11) is 0. The minimum Gasteiger partial charge on any atom is -0.381 e. The van der Waals surface area contributed by atoms with Crippen LogP contribution >= 0.6 is 24.0 Å². The molecule has 1 aromatic carbocycles. The van der Waals surface area contributed by atoms with E-state index in [1.165, 1.54) is 36.8 Å². The first kappa shape index (κ1) is 20.5. The largest absolute Gasteiger partial charge is 0.381 e. The molecule has 5 heteroatoms. The Labute approximate surface area is 169 Å². The van der Waals surface area contributed by atoms with Crippen molar-refractivity contribution in [3.63, 3.8) is 0 Å². The van der Waals surface area contributed by atoms with Crippen molar-refractivity contribution in [1.82, 2.24) is 4.90 Å². The summed E-state index contributed by atoms with van der Waals surface area (Å²) in [6, 6.07) is 8.72. The van der Waals surface area contributed by atoms with Crippen molar-refractivity contribution >= 4 is 29.9 Å². The van der Waals surface area contributed by atoms with Crippen LogP contribution < -0.4 is 5.73 Å². The zero-order chi connectivity index (χ0) is 16.8. The van der Waals surface area contributed by atoms with Gasteiger partial charge in [-0.2, -0.15) is 0 Å². The third-order valence-electron chi connectivity index (χ3n) is 5.64. The van der Waals surface area contributed by atoms with Gasteiger partial charge in [-0.05, 0) is 43.7 Å². The maximum atomic E-state index is 6.35. The highest BCUT2D eigenvalue weighted by atomic mass is 127. The van der Waals surface area contributed by atoms with E-state index in [0.29, 0.717) is 0 Å². The molecule has 0 atom stereocenters. The second-order valence-corrected chi connectivity index (χ2v) is 7.28. The van der Waals surface area contributed by atoms with Crippen molar-refractivity contribution in [2.24, 2.45) is 10.7 Å². The summed E-state index contributed by atoms with van der Waals surface area (Å²) in [4.78, 5) is 7.14. The molecule has 2 aliphatic heterocycles. The second-order valence-electron chi connectivity index (χ2n) is 7.28. The fourth-order valence-electron chi connectivity index (χ4n) is 4.07. The number of aryl methyl sites for hydroxylation is 1. The summed E-state index contributed by atoms with van der Waals surface area (Å²) < 4.78 is 5.64. The van der Waals surface area contributed by atoms with Gasteiger partial charge in [0.15, 0.2) is 5.96 Å². The summed E-state index contributed by atoms with van der Waals surface area (Å²) in [5.74, 6) is 0.733. The highest BCUT2D eigenvalue weighted by Gasteiger charge is 2.35. The first-order valence-electron chi connectivity index (χ1n) is 9.40. The van der Waals surface area contributed by atoms with Crippen LogP contribution in [0.4, 0.5) is 0 Å². The normalized spacial score (nSPS) is 21.3. The Balaban J connectivity index is 0.00000225. The minimum atomic E-state index is 0. The van der Waals surface area contributed by atoms with Crippen molar-refractivity contribution in [2.45, 2.75) is 50.9 Å².